The van der Waals surface area contributed by atoms with Crippen LogP contribution >= 0.6 is 0 Å². The van der Waals surface area contributed by atoms with Gasteiger partial charge in [0.2, 0.25) is 10.0 Å². The molecule has 0 fully saturated rings. The predicted molar refractivity (Wildman–Crippen MR) is 157 cm³/mol. The number of furan rings is 1. The van der Waals surface area contributed by atoms with E-state index in [9.17, 15) is 23.1 Å². The minimum absolute atomic E-state index is 0.0282. The third-order valence-corrected chi connectivity index (χ3v) is 8.35. The molecule has 1 unspecified atom stereocenters. The van der Waals surface area contributed by atoms with Crippen LogP contribution in [0.4, 0.5) is 5.69 Å². The lowest BCUT2D eigenvalue weighted by molar-refractivity contribution is -0.143. The number of carbonyl (C=O) groups excluding carboxylic acids is 2. The number of aliphatic hydroxyl groups excluding tert-OH is 1. The molecule has 3 N–H and O–H groups in total. The van der Waals surface area contributed by atoms with Gasteiger partial charge in [-0.3, -0.25) is 9.59 Å². The van der Waals surface area contributed by atoms with Crippen molar-refractivity contribution in [3.63, 3.8) is 0 Å². The van der Waals surface area contributed by atoms with Crippen molar-refractivity contribution in [2.75, 3.05) is 19.0 Å². The number of amides is 1. The average Bonchev–Trinajstić information content (AvgIpc) is 3.31. The third-order valence-electron chi connectivity index (χ3n) is 6.90. The van der Waals surface area contributed by atoms with Crippen molar-refractivity contribution in [1.29, 1.82) is 0 Å². The number of nitrogens with one attached hydrogen (secondary N) is 2. The largest absolute Gasteiger partial charge is 0.468 e. The van der Waals surface area contributed by atoms with Crippen LogP contribution in [0.3, 0.4) is 0 Å². The molecule has 4 rings (SSSR count). The summed E-state index contributed by atoms with van der Waals surface area (Å²) in [7, 11) is -2.73. The molecule has 0 spiro atoms. The highest BCUT2D eigenvalue weighted by atomic mass is 32.2. The summed E-state index contributed by atoms with van der Waals surface area (Å²) in [5.74, 6) is -1.07. The third kappa shape index (κ3) is 6.67. The summed E-state index contributed by atoms with van der Waals surface area (Å²) in [6, 6.07) is 18.1. The second kappa shape index (κ2) is 12.7. The molecule has 1 atom stereocenters. The molecular weight excluding hydrogens is 544 g/mol. The zero-order valence-corrected chi connectivity index (χ0v) is 24.2. The number of methoxy groups -OCH3 is 1. The van der Waals surface area contributed by atoms with Crippen LogP contribution < -0.4 is 10.0 Å². The van der Waals surface area contributed by atoms with Crippen molar-refractivity contribution >= 4 is 38.6 Å². The minimum atomic E-state index is -3.94. The van der Waals surface area contributed by atoms with Crippen LogP contribution in [-0.4, -0.2) is 45.2 Å². The SMILES string of the molecule is COC(=O)C(NS(=O)(=O)c1ccc(-c2ccc(NC(=O)c3oc4cccc(CCCO)c4c3C)cc2)cc1)C(C)C. The number of hydrogen-bond donors (Lipinski definition) is 3. The monoisotopic (exact) mass is 578 g/mol. The highest BCUT2D eigenvalue weighted by molar-refractivity contribution is 7.89. The zero-order chi connectivity index (χ0) is 29.7. The molecular formula is C31H34N2O7S. The Morgan fingerprint density at radius 1 is 0.976 bits per heavy atom. The molecule has 1 amide bonds. The van der Waals surface area contributed by atoms with Crippen molar-refractivity contribution in [3.05, 3.63) is 83.6 Å². The van der Waals surface area contributed by atoms with Crippen LogP contribution in [0.15, 0.2) is 76.0 Å². The number of carbonyl (C=O) groups is 2. The Morgan fingerprint density at radius 2 is 1.61 bits per heavy atom. The van der Waals surface area contributed by atoms with Gasteiger partial charge < -0.3 is 19.6 Å². The number of sulfonamides is 1. The Labute approximate surface area is 239 Å². The van der Waals surface area contributed by atoms with Gasteiger partial charge in [-0.05, 0) is 72.7 Å². The number of esters is 1. The van der Waals surface area contributed by atoms with E-state index in [1.807, 2.05) is 37.3 Å². The molecule has 0 aliphatic rings. The Morgan fingerprint density at radius 3 is 2.20 bits per heavy atom. The first kappa shape index (κ1) is 30.0. The van der Waals surface area contributed by atoms with Crippen molar-refractivity contribution in [2.24, 2.45) is 5.92 Å². The number of fused-ring (bicyclic) bond motifs is 1. The number of aliphatic hydroxyl groups is 1. The van der Waals surface area contributed by atoms with Crippen molar-refractivity contribution in [1.82, 2.24) is 4.72 Å². The summed E-state index contributed by atoms with van der Waals surface area (Å²) >= 11 is 0. The zero-order valence-electron chi connectivity index (χ0n) is 23.4. The van der Waals surface area contributed by atoms with Gasteiger partial charge in [-0.25, -0.2) is 8.42 Å². The van der Waals surface area contributed by atoms with Gasteiger partial charge in [0.1, 0.15) is 11.6 Å². The number of anilines is 1. The lowest BCUT2D eigenvalue weighted by atomic mass is 10.0. The molecule has 216 valence electrons. The van der Waals surface area contributed by atoms with Crippen molar-refractivity contribution in [2.45, 2.75) is 44.6 Å². The standard InChI is InChI=1S/C31H34N2O7S/c1-19(2)28(31(36)39-4)33-41(37,38)25-16-12-22(13-17-25)21-10-14-24(15-11-21)32-30(35)29-20(3)27-23(8-6-18-34)7-5-9-26(27)40-29/h5,7,9-17,19,28,33-34H,6,8,18H2,1-4H3,(H,32,35). The second-order valence-electron chi connectivity index (χ2n) is 10.1. The fourth-order valence-corrected chi connectivity index (χ4v) is 5.99. The Bertz CT molecular complexity index is 1640. The van der Waals surface area contributed by atoms with Crippen LogP contribution in [0.2, 0.25) is 0 Å². The van der Waals surface area contributed by atoms with Crippen molar-refractivity contribution < 1.29 is 32.3 Å². The highest BCUT2D eigenvalue weighted by Crippen LogP contribution is 2.30. The molecule has 0 bridgehead atoms. The maximum absolute atomic E-state index is 13.1. The number of rotatable bonds is 11. The van der Waals surface area contributed by atoms with Gasteiger partial charge in [0.15, 0.2) is 5.76 Å². The average molecular weight is 579 g/mol. The van der Waals surface area contributed by atoms with E-state index in [1.165, 1.54) is 19.2 Å². The minimum Gasteiger partial charge on any atom is -0.468 e. The molecule has 10 heteroatoms. The van der Waals surface area contributed by atoms with Gasteiger partial charge in [0.25, 0.3) is 5.91 Å². The van der Waals surface area contributed by atoms with E-state index in [0.717, 1.165) is 27.6 Å². The van der Waals surface area contributed by atoms with Crippen LogP contribution in [-0.2, 0) is 26.0 Å². The number of benzene rings is 3. The van der Waals surface area contributed by atoms with E-state index in [4.69, 9.17) is 9.15 Å². The smallest absolute Gasteiger partial charge is 0.324 e. The molecule has 0 saturated carbocycles. The fourth-order valence-electron chi connectivity index (χ4n) is 4.66. The molecule has 0 saturated heterocycles. The summed E-state index contributed by atoms with van der Waals surface area (Å²) < 4.78 is 38.7. The molecule has 0 radical (unpaired) electrons. The molecule has 4 aromatic rings. The number of ether oxygens (including phenoxy) is 1. The van der Waals surface area contributed by atoms with E-state index in [-0.39, 0.29) is 29.1 Å². The van der Waals surface area contributed by atoms with Gasteiger partial charge in [-0.15, -0.1) is 0 Å². The molecule has 3 aromatic carbocycles. The van der Waals surface area contributed by atoms with Gasteiger partial charge >= 0.3 is 5.97 Å². The van der Waals surface area contributed by atoms with E-state index in [0.29, 0.717) is 24.1 Å². The molecule has 9 nitrogen and oxygen atoms in total. The summed E-state index contributed by atoms with van der Waals surface area (Å²) in [6.07, 6.45) is 1.31. The molecule has 1 heterocycles. The normalized spacial score (nSPS) is 12.4. The molecule has 1 aromatic heterocycles. The maximum Gasteiger partial charge on any atom is 0.324 e. The van der Waals surface area contributed by atoms with E-state index in [1.54, 1.807) is 38.1 Å². The topological polar surface area (TPSA) is 135 Å². The first-order chi connectivity index (χ1) is 19.6. The van der Waals surface area contributed by atoms with Crippen LogP contribution in [0.1, 0.15) is 41.9 Å². The number of aryl methyl sites for hydroxylation is 2. The number of hydrogen-bond acceptors (Lipinski definition) is 7. The van der Waals surface area contributed by atoms with E-state index >= 15 is 0 Å². The van der Waals surface area contributed by atoms with Gasteiger partial charge in [0, 0.05) is 23.2 Å². The van der Waals surface area contributed by atoms with Gasteiger partial charge in [0.05, 0.1) is 12.0 Å². The van der Waals surface area contributed by atoms with Crippen LogP contribution in [0.25, 0.3) is 22.1 Å². The Hall–Kier alpha value is -3.99. The highest BCUT2D eigenvalue weighted by Gasteiger charge is 2.29. The van der Waals surface area contributed by atoms with Crippen LogP contribution in [0.5, 0.6) is 0 Å². The molecule has 0 aliphatic carbocycles. The Balaban J connectivity index is 1.47. The predicted octanol–water partition coefficient (Wildman–Crippen LogP) is 5.06. The Kier molecular flexibility index (Phi) is 9.27. The van der Waals surface area contributed by atoms with Crippen molar-refractivity contribution in [3.8, 4) is 11.1 Å². The van der Waals surface area contributed by atoms with Gasteiger partial charge in [-0.2, -0.15) is 4.72 Å². The van der Waals surface area contributed by atoms with E-state index in [2.05, 4.69) is 10.0 Å². The molecule has 41 heavy (non-hydrogen) atoms. The maximum atomic E-state index is 13.1. The second-order valence-corrected chi connectivity index (χ2v) is 11.8. The van der Waals surface area contributed by atoms with Gasteiger partial charge in [-0.1, -0.05) is 50.2 Å². The molecule has 0 aliphatic heterocycles. The lowest BCUT2D eigenvalue weighted by Crippen LogP contribution is -2.44. The summed E-state index contributed by atoms with van der Waals surface area (Å²) in [5.41, 5.74) is 4.58. The lowest BCUT2D eigenvalue weighted by Gasteiger charge is -2.19. The van der Waals surface area contributed by atoms with E-state index < -0.39 is 22.0 Å². The summed E-state index contributed by atoms with van der Waals surface area (Å²) in [6.45, 7) is 5.40. The van der Waals surface area contributed by atoms with Crippen LogP contribution in [0, 0.1) is 12.8 Å². The summed E-state index contributed by atoms with van der Waals surface area (Å²) in [4.78, 5) is 25.1. The quantitative estimate of drug-likeness (QED) is 0.212. The summed E-state index contributed by atoms with van der Waals surface area (Å²) in [5, 5.41) is 13.0. The fraction of sp³-hybridized carbons (Fsp3) is 0.290. The first-order valence-corrected chi connectivity index (χ1v) is 14.8. The first-order valence-electron chi connectivity index (χ1n) is 13.3.